The van der Waals surface area contributed by atoms with Gasteiger partial charge >= 0.3 is 0 Å². The Labute approximate surface area is 222 Å². The Hall–Kier alpha value is -3.63. The molecule has 3 aromatic rings. The quantitative estimate of drug-likeness (QED) is 0.481. The van der Waals surface area contributed by atoms with Crippen LogP contribution in [0.3, 0.4) is 0 Å². The van der Waals surface area contributed by atoms with Crippen molar-refractivity contribution in [3.05, 3.63) is 70.1 Å². The molecular weight excluding hydrogens is 506 g/mol. The van der Waals surface area contributed by atoms with Gasteiger partial charge in [0.15, 0.2) is 22.2 Å². The smallest absolute Gasteiger partial charge is 0.248 e. The number of amides is 1. The number of nitrogens with zero attached hydrogens (tertiary/aromatic N) is 2. The van der Waals surface area contributed by atoms with E-state index in [-0.39, 0.29) is 29.9 Å². The van der Waals surface area contributed by atoms with Gasteiger partial charge in [-0.2, -0.15) is 4.31 Å². The van der Waals surface area contributed by atoms with Crippen molar-refractivity contribution in [3.63, 3.8) is 0 Å². The number of aromatic nitrogens is 1. The van der Waals surface area contributed by atoms with Gasteiger partial charge in [0.2, 0.25) is 22.7 Å². The second-order valence-corrected chi connectivity index (χ2v) is 11.6. The monoisotopic (exact) mass is 537 g/mol. The van der Waals surface area contributed by atoms with Crippen molar-refractivity contribution in [3.8, 4) is 11.5 Å². The molecule has 0 saturated carbocycles. The van der Waals surface area contributed by atoms with Crippen LogP contribution in [0.1, 0.15) is 46.5 Å². The SMILES string of the molecule is Cc1ccc(C)c(/C=C/c2onc(C)c2S(=O)(=O)N2CCC[C@@H](C(=O)NCc3ccc4c(c3)OCO4)C2)c1. The van der Waals surface area contributed by atoms with Crippen molar-refractivity contribution in [1.82, 2.24) is 14.8 Å². The number of sulfonamides is 1. The van der Waals surface area contributed by atoms with Crippen molar-refractivity contribution in [1.29, 1.82) is 0 Å². The lowest BCUT2D eigenvalue weighted by atomic mass is 9.98. The summed E-state index contributed by atoms with van der Waals surface area (Å²) in [5.41, 5.74) is 4.31. The molecule has 10 heteroatoms. The van der Waals surface area contributed by atoms with Gasteiger partial charge in [-0.1, -0.05) is 41.1 Å². The summed E-state index contributed by atoms with van der Waals surface area (Å²) in [5, 5.41) is 6.88. The van der Waals surface area contributed by atoms with Gasteiger partial charge < -0.3 is 19.3 Å². The number of rotatable bonds is 7. The number of hydrogen-bond acceptors (Lipinski definition) is 7. The molecule has 2 aliphatic heterocycles. The van der Waals surface area contributed by atoms with Gasteiger partial charge in [0.05, 0.1) is 5.92 Å². The Bertz CT molecular complexity index is 1490. The molecule has 1 amide bonds. The molecule has 1 fully saturated rings. The van der Waals surface area contributed by atoms with E-state index in [0.717, 1.165) is 22.3 Å². The van der Waals surface area contributed by atoms with Gasteiger partial charge in [-0.25, -0.2) is 8.42 Å². The number of benzene rings is 2. The summed E-state index contributed by atoms with van der Waals surface area (Å²) in [7, 11) is -3.93. The maximum Gasteiger partial charge on any atom is 0.248 e. The lowest BCUT2D eigenvalue weighted by molar-refractivity contribution is -0.126. The van der Waals surface area contributed by atoms with Crippen molar-refractivity contribution in [2.75, 3.05) is 19.9 Å². The van der Waals surface area contributed by atoms with Crippen LogP contribution < -0.4 is 14.8 Å². The first-order chi connectivity index (χ1) is 18.2. The van der Waals surface area contributed by atoms with E-state index >= 15 is 0 Å². The molecule has 1 N–H and O–H groups in total. The Morgan fingerprint density at radius 2 is 1.92 bits per heavy atom. The van der Waals surface area contributed by atoms with Crippen LogP contribution in [0.2, 0.25) is 0 Å². The minimum absolute atomic E-state index is 0.0421. The fourth-order valence-corrected chi connectivity index (χ4v) is 6.57. The number of carbonyl (C=O) groups excluding carboxylic acids is 1. The summed E-state index contributed by atoms with van der Waals surface area (Å²) in [6, 6.07) is 11.6. The van der Waals surface area contributed by atoms with Gasteiger partial charge in [0.1, 0.15) is 5.69 Å². The normalized spacial score (nSPS) is 17.7. The fourth-order valence-electron chi connectivity index (χ4n) is 4.79. The van der Waals surface area contributed by atoms with E-state index in [4.69, 9.17) is 14.0 Å². The van der Waals surface area contributed by atoms with E-state index in [1.165, 1.54) is 4.31 Å². The summed E-state index contributed by atoms with van der Waals surface area (Å²) < 4.78 is 44.9. The maximum atomic E-state index is 13.7. The molecule has 0 spiro atoms. The average molecular weight is 538 g/mol. The molecule has 0 bridgehead atoms. The third-order valence-corrected chi connectivity index (χ3v) is 8.96. The van der Waals surface area contributed by atoms with E-state index in [9.17, 15) is 13.2 Å². The molecular formula is C28H31N3O6S. The molecule has 0 unspecified atom stereocenters. The third-order valence-electron chi connectivity index (χ3n) is 6.94. The molecule has 3 heterocycles. The standard InChI is InChI=1S/C28H31N3O6S/c1-18-6-7-19(2)22(13-18)9-11-25-27(20(3)30-37-25)38(33,34)31-12-4-5-23(16-31)28(32)29-15-21-8-10-24-26(14-21)36-17-35-24/h6-11,13-14,23H,4-5,12,15-17H2,1-3H3,(H,29,32)/b11-9+/t23-/m1/s1. The van der Waals surface area contributed by atoms with E-state index in [2.05, 4.69) is 10.5 Å². The Morgan fingerprint density at radius 1 is 1.11 bits per heavy atom. The van der Waals surface area contributed by atoms with Crippen LogP contribution >= 0.6 is 0 Å². The van der Waals surface area contributed by atoms with Crippen LogP contribution in [0.4, 0.5) is 0 Å². The molecule has 38 heavy (non-hydrogen) atoms. The predicted molar refractivity (Wildman–Crippen MR) is 142 cm³/mol. The Balaban J connectivity index is 1.29. The second-order valence-electron chi connectivity index (χ2n) is 9.76. The van der Waals surface area contributed by atoms with E-state index in [0.29, 0.717) is 43.1 Å². The molecule has 0 radical (unpaired) electrons. The van der Waals surface area contributed by atoms with Crippen LogP contribution in [-0.2, 0) is 21.4 Å². The lowest BCUT2D eigenvalue weighted by Gasteiger charge is -2.31. The number of ether oxygens (including phenoxy) is 2. The first-order valence-electron chi connectivity index (χ1n) is 12.6. The summed E-state index contributed by atoms with van der Waals surface area (Å²) in [6.45, 7) is 6.55. The number of hydrogen-bond donors (Lipinski definition) is 1. The zero-order valence-corrected chi connectivity index (χ0v) is 22.5. The highest BCUT2D eigenvalue weighted by molar-refractivity contribution is 7.89. The van der Waals surface area contributed by atoms with Crippen LogP contribution in [0.5, 0.6) is 11.5 Å². The topological polar surface area (TPSA) is 111 Å². The second kappa shape index (κ2) is 10.6. The van der Waals surface area contributed by atoms with E-state index in [1.54, 1.807) is 13.0 Å². The van der Waals surface area contributed by atoms with Crippen molar-refractivity contribution < 1.29 is 27.2 Å². The molecule has 5 rings (SSSR count). The minimum Gasteiger partial charge on any atom is -0.454 e. The molecule has 9 nitrogen and oxygen atoms in total. The highest BCUT2D eigenvalue weighted by Gasteiger charge is 2.37. The summed E-state index contributed by atoms with van der Waals surface area (Å²) in [6.07, 6.45) is 4.68. The summed E-state index contributed by atoms with van der Waals surface area (Å²) in [5.74, 6) is 0.873. The van der Waals surface area contributed by atoms with E-state index < -0.39 is 15.9 Å². The predicted octanol–water partition coefficient (Wildman–Crippen LogP) is 4.22. The average Bonchev–Trinajstić information content (AvgIpc) is 3.54. The van der Waals surface area contributed by atoms with Crippen LogP contribution in [0, 0.1) is 26.7 Å². The lowest BCUT2D eigenvalue weighted by Crippen LogP contribution is -2.45. The van der Waals surface area contributed by atoms with Crippen molar-refractivity contribution >= 4 is 28.1 Å². The van der Waals surface area contributed by atoms with Crippen molar-refractivity contribution in [2.45, 2.75) is 45.1 Å². The highest BCUT2D eigenvalue weighted by Crippen LogP contribution is 2.33. The molecule has 2 aromatic carbocycles. The molecule has 2 aliphatic rings. The maximum absolute atomic E-state index is 13.7. The van der Waals surface area contributed by atoms with Gasteiger partial charge in [-0.05, 0) is 68.5 Å². The van der Waals surface area contributed by atoms with E-state index in [1.807, 2.05) is 56.3 Å². The Kier molecular flexibility index (Phi) is 7.27. The minimum atomic E-state index is -3.93. The number of carbonyl (C=O) groups is 1. The fraction of sp³-hybridized carbons (Fsp3) is 0.357. The zero-order valence-electron chi connectivity index (χ0n) is 21.7. The first-order valence-corrected chi connectivity index (χ1v) is 14.0. The van der Waals surface area contributed by atoms with Gasteiger partial charge in [0, 0.05) is 19.6 Å². The molecule has 1 aromatic heterocycles. The van der Waals surface area contributed by atoms with Crippen LogP contribution in [0.25, 0.3) is 12.2 Å². The summed E-state index contributed by atoms with van der Waals surface area (Å²) in [4.78, 5) is 13.0. The van der Waals surface area contributed by atoms with Crippen molar-refractivity contribution in [2.24, 2.45) is 5.92 Å². The molecule has 1 atom stereocenters. The molecule has 1 saturated heterocycles. The zero-order chi connectivity index (χ0) is 26.9. The molecule has 0 aliphatic carbocycles. The number of aryl methyl sites for hydroxylation is 3. The third kappa shape index (κ3) is 5.32. The summed E-state index contributed by atoms with van der Waals surface area (Å²) >= 11 is 0. The largest absolute Gasteiger partial charge is 0.454 e. The van der Waals surface area contributed by atoms with Gasteiger partial charge in [-0.3, -0.25) is 4.79 Å². The van der Waals surface area contributed by atoms with Crippen LogP contribution in [-0.4, -0.2) is 43.7 Å². The Morgan fingerprint density at radius 3 is 2.76 bits per heavy atom. The first kappa shape index (κ1) is 26.0. The highest BCUT2D eigenvalue weighted by atomic mass is 32.2. The number of fused-ring (bicyclic) bond motifs is 1. The number of piperidine rings is 1. The van der Waals surface area contributed by atoms with Gasteiger partial charge in [-0.15, -0.1) is 0 Å². The van der Waals surface area contributed by atoms with Gasteiger partial charge in [0.25, 0.3) is 0 Å². The number of nitrogens with one attached hydrogen (secondary N) is 1. The molecule has 200 valence electrons. The van der Waals surface area contributed by atoms with Crippen LogP contribution in [0.15, 0.2) is 45.8 Å².